The predicted octanol–water partition coefficient (Wildman–Crippen LogP) is 1.50. The van der Waals surface area contributed by atoms with Gasteiger partial charge in [-0.15, -0.1) is 0 Å². The molecule has 1 aliphatic heterocycles. The van der Waals surface area contributed by atoms with Crippen molar-refractivity contribution in [1.29, 1.82) is 0 Å². The summed E-state index contributed by atoms with van der Waals surface area (Å²) in [5.41, 5.74) is 1.68. The van der Waals surface area contributed by atoms with Crippen molar-refractivity contribution in [3.05, 3.63) is 35.4 Å². The van der Waals surface area contributed by atoms with E-state index in [2.05, 4.69) is 0 Å². The number of carboxylic acids is 1. The minimum Gasteiger partial charge on any atom is -0.480 e. The summed E-state index contributed by atoms with van der Waals surface area (Å²) >= 11 is 0. The highest BCUT2D eigenvalue weighted by Crippen LogP contribution is 2.49. The second-order valence-electron chi connectivity index (χ2n) is 6.73. The zero-order chi connectivity index (χ0) is 16.0. The number of nitrogens with zero attached hydrogens (tertiary/aromatic N) is 1. The number of hydrogen-bond donors (Lipinski definition) is 1. The molecular weight excluding hydrogens is 302 g/mol. The van der Waals surface area contributed by atoms with Crippen LogP contribution in [-0.2, 0) is 21.1 Å². The molecule has 3 rings (SSSR count). The summed E-state index contributed by atoms with van der Waals surface area (Å²) in [5, 5.41) is 9.65. The molecule has 0 aromatic heterocycles. The van der Waals surface area contributed by atoms with Crippen LogP contribution in [0.2, 0.25) is 0 Å². The van der Waals surface area contributed by atoms with Gasteiger partial charge < -0.3 is 5.11 Å². The maximum atomic E-state index is 11.8. The molecule has 0 radical (unpaired) electrons. The number of carbonyl (C=O) groups is 1. The van der Waals surface area contributed by atoms with Crippen LogP contribution in [0.4, 0.5) is 0 Å². The van der Waals surface area contributed by atoms with Crippen molar-refractivity contribution < 1.29 is 18.3 Å². The van der Waals surface area contributed by atoms with Gasteiger partial charge in [-0.1, -0.05) is 24.3 Å². The fraction of sp³-hybridized carbons (Fsp3) is 0.562. The van der Waals surface area contributed by atoms with Gasteiger partial charge in [0.2, 0.25) is 0 Å². The van der Waals surface area contributed by atoms with Gasteiger partial charge in [0.25, 0.3) is 0 Å². The highest BCUT2D eigenvalue weighted by atomic mass is 32.2. The van der Waals surface area contributed by atoms with Gasteiger partial charge in [-0.3, -0.25) is 9.69 Å². The van der Waals surface area contributed by atoms with Gasteiger partial charge in [0.1, 0.15) is 15.9 Å². The first-order chi connectivity index (χ1) is 10.3. The molecular formula is C16H21NO4S. The van der Waals surface area contributed by atoms with Crippen LogP contribution in [0.1, 0.15) is 30.0 Å². The Balaban J connectivity index is 1.84. The Morgan fingerprint density at radius 2 is 2.05 bits per heavy atom. The zero-order valence-corrected chi connectivity index (χ0v) is 13.5. The van der Waals surface area contributed by atoms with Crippen molar-refractivity contribution in [2.75, 3.05) is 25.1 Å². The van der Waals surface area contributed by atoms with E-state index < -0.39 is 21.8 Å². The van der Waals surface area contributed by atoms with Crippen molar-refractivity contribution in [3.63, 3.8) is 0 Å². The number of fused-ring (bicyclic) bond motifs is 1. The summed E-state index contributed by atoms with van der Waals surface area (Å²) in [6.45, 7) is 1.21. The molecule has 1 atom stereocenters. The molecule has 120 valence electrons. The van der Waals surface area contributed by atoms with Crippen molar-refractivity contribution >= 4 is 15.8 Å². The maximum absolute atomic E-state index is 11.8. The maximum Gasteiger partial charge on any atom is 0.325 e. The van der Waals surface area contributed by atoms with E-state index in [9.17, 15) is 18.3 Å². The third kappa shape index (κ3) is 3.17. The van der Waals surface area contributed by atoms with Crippen LogP contribution in [-0.4, -0.2) is 49.5 Å². The topological polar surface area (TPSA) is 74.7 Å². The number of benzene rings is 1. The predicted molar refractivity (Wildman–Crippen MR) is 83.5 cm³/mol. The molecule has 1 heterocycles. The summed E-state index contributed by atoms with van der Waals surface area (Å²) in [6, 6.07) is 6.98. The number of hydrogen-bond acceptors (Lipinski definition) is 4. The third-order valence-electron chi connectivity index (χ3n) is 4.68. The van der Waals surface area contributed by atoms with Gasteiger partial charge in [0, 0.05) is 19.3 Å². The molecule has 0 bridgehead atoms. The van der Waals surface area contributed by atoms with E-state index in [1.807, 2.05) is 29.2 Å². The molecule has 1 fully saturated rings. The highest BCUT2D eigenvalue weighted by Gasteiger charge is 2.48. The molecule has 6 heteroatoms. The van der Waals surface area contributed by atoms with Crippen LogP contribution in [0.3, 0.4) is 0 Å². The van der Waals surface area contributed by atoms with Gasteiger partial charge in [-0.2, -0.15) is 0 Å². The molecule has 1 aromatic rings. The molecule has 5 nitrogen and oxygen atoms in total. The fourth-order valence-corrected chi connectivity index (χ4v) is 5.08. The second-order valence-corrected chi connectivity index (χ2v) is 8.87. The number of sulfone groups is 1. The Kier molecular flexibility index (Phi) is 3.77. The van der Waals surface area contributed by atoms with E-state index in [1.54, 1.807) is 0 Å². The average Bonchev–Trinajstić information content (AvgIpc) is 3.15. The monoisotopic (exact) mass is 323 g/mol. The number of carboxylic acid groups (broad SMARTS) is 1. The van der Waals surface area contributed by atoms with E-state index in [-0.39, 0.29) is 11.2 Å². The quantitative estimate of drug-likeness (QED) is 0.889. The van der Waals surface area contributed by atoms with Gasteiger partial charge in [-0.25, -0.2) is 8.42 Å². The number of aliphatic carboxylic acids is 1. The van der Waals surface area contributed by atoms with Crippen LogP contribution >= 0.6 is 0 Å². The summed E-state index contributed by atoms with van der Waals surface area (Å²) in [6.07, 6.45) is 3.80. The third-order valence-corrected chi connectivity index (χ3v) is 5.82. The molecule has 0 saturated heterocycles. The summed E-state index contributed by atoms with van der Waals surface area (Å²) in [7, 11) is -3.04. The first kappa shape index (κ1) is 15.5. The van der Waals surface area contributed by atoms with Crippen LogP contribution in [0.5, 0.6) is 0 Å². The Bertz CT molecular complexity index is 694. The largest absolute Gasteiger partial charge is 0.480 e. The first-order valence-electron chi connectivity index (χ1n) is 7.52. The van der Waals surface area contributed by atoms with E-state index >= 15 is 0 Å². The molecule has 2 aliphatic rings. The lowest BCUT2D eigenvalue weighted by molar-refractivity contribution is -0.144. The lowest BCUT2D eigenvalue weighted by Crippen LogP contribution is -2.43. The highest BCUT2D eigenvalue weighted by molar-refractivity contribution is 7.90. The van der Waals surface area contributed by atoms with Crippen LogP contribution < -0.4 is 0 Å². The summed E-state index contributed by atoms with van der Waals surface area (Å²) in [4.78, 5) is 13.7. The van der Waals surface area contributed by atoms with Crippen LogP contribution in [0, 0.1) is 5.41 Å². The van der Waals surface area contributed by atoms with Crippen LogP contribution in [0.15, 0.2) is 24.3 Å². The smallest absolute Gasteiger partial charge is 0.325 e. The normalized spacial score (nSPS) is 23.8. The van der Waals surface area contributed by atoms with Crippen molar-refractivity contribution in [2.45, 2.75) is 25.3 Å². The molecule has 22 heavy (non-hydrogen) atoms. The lowest BCUT2D eigenvalue weighted by Gasteiger charge is -2.37. The molecule has 0 spiro atoms. The Morgan fingerprint density at radius 1 is 1.36 bits per heavy atom. The first-order valence-corrected chi connectivity index (χ1v) is 9.58. The zero-order valence-electron chi connectivity index (χ0n) is 12.7. The van der Waals surface area contributed by atoms with E-state index in [4.69, 9.17) is 0 Å². The van der Waals surface area contributed by atoms with Gasteiger partial charge in [0.15, 0.2) is 0 Å². The molecule has 1 aliphatic carbocycles. The Labute approximate surface area is 130 Å². The Hall–Kier alpha value is -1.40. The van der Waals surface area contributed by atoms with E-state index in [1.165, 1.54) is 6.26 Å². The van der Waals surface area contributed by atoms with Crippen molar-refractivity contribution in [2.24, 2.45) is 5.41 Å². The average molecular weight is 323 g/mol. The standard InChI is InChI=1S/C16H21NO4S/c1-22(20,21)11-16(7-8-16)10-17-9-6-12-4-2-3-5-13(12)14(17)15(18)19/h2-5,14H,6-11H2,1H3,(H,18,19). The minimum absolute atomic E-state index is 0.157. The molecule has 1 aromatic carbocycles. The lowest BCUT2D eigenvalue weighted by atomic mass is 9.91. The van der Waals surface area contributed by atoms with Crippen LogP contribution in [0.25, 0.3) is 0 Å². The van der Waals surface area contributed by atoms with Crippen molar-refractivity contribution in [3.8, 4) is 0 Å². The SMILES string of the molecule is CS(=O)(=O)CC1(CN2CCc3ccccc3C2C(=O)O)CC1. The van der Waals surface area contributed by atoms with Gasteiger partial charge in [-0.05, 0) is 35.8 Å². The second kappa shape index (κ2) is 5.35. The summed E-state index contributed by atoms with van der Waals surface area (Å²) < 4.78 is 23.2. The van der Waals surface area contributed by atoms with Gasteiger partial charge in [0.05, 0.1) is 5.75 Å². The summed E-state index contributed by atoms with van der Waals surface area (Å²) in [5.74, 6) is -0.702. The van der Waals surface area contributed by atoms with E-state index in [0.717, 1.165) is 30.4 Å². The minimum atomic E-state index is -3.04. The van der Waals surface area contributed by atoms with Gasteiger partial charge >= 0.3 is 5.97 Å². The molecule has 1 N–H and O–H groups in total. The molecule has 1 saturated carbocycles. The fourth-order valence-electron chi connectivity index (χ4n) is 3.59. The molecule has 1 unspecified atom stereocenters. The van der Waals surface area contributed by atoms with Crippen molar-refractivity contribution in [1.82, 2.24) is 4.90 Å². The number of rotatable bonds is 5. The van der Waals surface area contributed by atoms with E-state index in [0.29, 0.717) is 13.1 Å². The molecule has 0 amide bonds. The Morgan fingerprint density at radius 3 is 2.64 bits per heavy atom.